The zero-order valence-electron chi connectivity index (χ0n) is 10.2. The summed E-state index contributed by atoms with van der Waals surface area (Å²) in [4.78, 5) is -1.45. The molecule has 0 radical (unpaired) electrons. The first-order valence-corrected chi connectivity index (χ1v) is 8.15. The fourth-order valence-corrected chi connectivity index (χ4v) is 3.28. The van der Waals surface area contributed by atoms with Crippen LogP contribution in [0.4, 0.5) is 5.69 Å². The molecule has 9 nitrogen and oxygen atoms in total. The second-order valence-electron chi connectivity index (χ2n) is 4.07. The second-order valence-corrected chi connectivity index (χ2v) is 6.85. The smallest absolute Gasteiger partial charge is 0.297 e. The zero-order chi connectivity index (χ0) is 16.0. The first-order chi connectivity index (χ1) is 9.55. The van der Waals surface area contributed by atoms with Gasteiger partial charge in [0.15, 0.2) is 0 Å². The van der Waals surface area contributed by atoms with Crippen LogP contribution in [0.2, 0.25) is 0 Å². The summed E-state index contributed by atoms with van der Waals surface area (Å²) in [5, 5.41) is 9.40. The van der Waals surface area contributed by atoms with E-state index in [0.717, 1.165) is 12.1 Å². The lowest BCUT2D eigenvalue weighted by Crippen LogP contribution is -2.12. The van der Waals surface area contributed by atoms with E-state index in [0.29, 0.717) is 0 Å². The van der Waals surface area contributed by atoms with E-state index in [1.54, 1.807) is 0 Å². The van der Waals surface area contributed by atoms with Gasteiger partial charge in [-0.3, -0.25) is 14.9 Å². The number of phenolic OH excluding ortho intramolecular Hbond substituents is 1. The van der Waals surface area contributed by atoms with Crippen molar-refractivity contribution in [3.8, 4) is 5.75 Å². The summed E-state index contributed by atoms with van der Waals surface area (Å²) in [6.07, 6.45) is 0. The monoisotopic (exact) mass is 334 g/mol. The van der Waals surface area contributed by atoms with Crippen molar-refractivity contribution in [2.75, 3.05) is 5.43 Å². The standard InChI is InChI=1S/C10H10N2O7S2/c11-12-8-2-1-6-7(10(8)21(17,18)19)3-5(4-9(6)13)20(14,15)16/h1-4,12-13H,11H2,(H,14,15,16)(H,17,18,19). The number of rotatable bonds is 3. The average Bonchev–Trinajstić information content (AvgIpc) is 2.34. The lowest BCUT2D eigenvalue weighted by Gasteiger charge is -2.12. The van der Waals surface area contributed by atoms with Crippen molar-refractivity contribution in [2.45, 2.75) is 9.79 Å². The van der Waals surface area contributed by atoms with Crippen molar-refractivity contribution in [2.24, 2.45) is 5.84 Å². The van der Waals surface area contributed by atoms with Gasteiger partial charge in [-0.05, 0) is 18.2 Å². The van der Waals surface area contributed by atoms with Gasteiger partial charge in [-0.15, -0.1) is 0 Å². The number of benzene rings is 2. The van der Waals surface area contributed by atoms with Crippen molar-refractivity contribution in [3.05, 3.63) is 24.3 Å². The van der Waals surface area contributed by atoms with Crippen molar-refractivity contribution in [1.29, 1.82) is 0 Å². The quantitative estimate of drug-likeness (QED) is 0.301. The van der Waals surface area contributed by atoms with E-state index < -0.39 is 35.8 Å². The van der Waals surface area contributed by atoms with Gasteiger partial charge < -0.3 is 10.5 Å². The van der Waals surface area contributed by atoms with Crippen LogP contribution in [-0.2, 0) is 20.2 Å². The summed E-state index contributed by atoms with van der Waals surface area (Å²) < 4.78 is 63.5. The lowest BCUT2D eigenvalue weighted by molar-refractivity contribution is 0.470. The molecule has 0 saturated heterocycles. The number of aromatic hydroxyl groups is 1. The number of hydrogen-bond acceptors (Lipinski definition) is 7. The van der Waals surface area contributed by atoms with Crippen LogP contribution in [0.15, 0.2) is 34.1 Å². The van der Waals surface area contributed by atoms with E-state index in [4.69, 9.17) is 10.4 Å². The van der Waals surface area contributed by atoms with Crippen molar-refractivity contribution in [1.82, 2.24) is 0 Å². The Kier molecular flexibility index (Phi) is 3.55. The molecule has 6 N–H and O–H groups in total. The molecule has 2 rings (SSSR count). The molecule has 0 heterocycles. The van der Waals surface area contributed by atoms with Gasteiger partial charge in [0, 0.05) is 16.8 Å². The van der Waals surface area contributed by atoms with Gasteiger partial charge in [0.25, 0.3) is 20.2 Å². The lowest BCUT2D eigenvalue weighted by atomic mass is 10.1. The first kappa shape index (κ1) is 15.5. The highest BCUT2D eigenvalue weighted by Crippen LogP contribution is 2.36. The van der Waals surface area contributed by atoms with Crippen LogP contribution in [0.3, 0.4) is 0 Å². The molecule has 0 bridgehead atoms. The average molecular weight is 334 g/mol. The Morgan fingerprint density at radius 2 is 1.57 bits per heavy atom. The van der Waals surface area contributed by atoms with Crippen LogP contribution in [0, 0.1) is 0 Å². The van der Waals surface area contributed by atoms with Gasteiger partial charge in [0.1, 0.15) is 10.6 Å². The summed E-state index contributed by atoms with van der Waals surface area (Å²) in [6.45, 7) is 0. The first-order valence-electron chi connectivity index (χ1n) is 5.27. The third kappa shape index (κ3) is 2.77. The van der Waals surface area contributed by atoms with Crippen LogP contribution in [0.1, 0.15) is 0 Å². The van der Waals surface area contributed by atoms with Gasteiger partial charge in [0.2, 0.25) is 0 Å². The molecular weight excluding hydrogens is 324 g/mol. The van der Waals surface area contributed by atoms with E-state index in [1.807, 2.05) is 5.43 Å². The highest BCUT2D eigenvalue weighted by molar-refractivity contribution is 7.86. The molecule has 0 aliphatic heterocycles. The number of hydrogen-bond donors (Lipinski definition) is 5. The Morgan fingerprint density at radius 1 is 0.952 bits per heavy atom. The van der Waals surface area contributed by atoms with Crippen LogP contribution in [-0.4, -0.2) is 31.0 Å². The molecule has 0 aliphatic carbocycles. The SMILES string of the molecule is NNc1ccc2c(O)cc(S(=O)(=O)O)cc2c1S(=O)(=O)O. The molecule has 11 heteroatoms. The largest absolute Gasteiger partial charge is 0.507 e. The van der Waals surface area contributed by atoms with E-state index in [-0.39, 0.29) is 16.5 Å². The zero-order valence-corrected chi connectivity index (χ0v) is 11.8. The topological polar surface area (TPSA) is 167 Å². The van der Waals surface area contributed by atoms with Crippen molar-refractivity contribution in [3.63, 3.8) is 0 Å². The molecule has 0 aromatic heterocycles. The number of anilines is 1. The molecule has 0 unspecified atom stereocenters. The minimum Gasteiger partial charge on any atom is -0.507 e. The van der Waals surface area contributed by atoms with Crippen molar-refractivity contribution < 1.29 is 31.0 Å². The van der Waals surface area contributed by atoms with Gasteiger partial charge >= 0.3 is 0 Å². The number of fused-ring (bicyclic) bond motifs is 1. The molecule has 0 spiro atoms. The maximum absolute atomic E-state index is 11.5. The highest BCUT2D eigenvalue weighted by atomic mass is 32.2. The Bertz CT molecular complexity index is 936. The molecular formula is C10H10N2O7S2. The molecule has 0 fully saturated rings. The third-order valence-electron chi connectivity index (χ3n) is 2.75. The van der Waals surface area contributed by atoms with E-state index in [1.165, 1.54) is 12.1 Å². The number of nitrogens with two attached hydrogens (primary N) is 1. The minimum atomic E-state index is -4.78. The molecule has 0 amide bonds. The predicted octanol–water partition coefficient (Wildman–Crippen LogP) is 0.324. The number of nitrogens with one attached hydrogen (secondary N) is 1. The minimum absolute atomic E-state index is 0.0472. The molecule has 2 aromatic carbocycles. The Hall–Kier alpha value is -1.92. The number of phenols is 1. The maximum Gasteiger partial charge on any atom is 0.297 e. The van der Waals surface area contributed by atoms with E-state index >= 15 is 0 Å². The van der Waals surface area contributed by atoms with Gasteiger partial charge in [-0.2, -0.15) is 16.8 Å². The van der Waals surface area contributed by atoms with Gasteiger partial charge in [-0.1, -0.05) is 0 Å². The molecule has 21 heavy (non-hydrogen) atoms. The number of nitrogen functional groups attached to an aromatic ring is 1. The molecule has 2 aromatic rings. The summed E-state index contributed by atoms with van der Waals surface area (Å²) in [5.41, 5.74) is 1.83. The molecule has 114 valence electrons. The predicted molar refractivity (Wildman–Crippen MR) is 73.1 cm³/mol. The number of hydrazine groups is 1. The third-order valence-corrected chi connectivity index (χ3v) is 4.54. The summed E-state index contributed by atoms with van der Waals surface area (Å²) in [6, 6.07) is 4.00. The Balaban J connectivity index is 3.08. The van der Waals surface area contributed by atoms with Crippen LogP contribution < -0.4 is 11.3 Å². The van der Waals surface area contributed by atoms with Crippen molar-refractivity contribution >= 4 is 36.7 Å². The normalized spacial score (nSPS) is 12.5. The van der Waals surface area contributed by atoms with Gasteiger partial charge in [-0.25, -0.2) is 0 Å². The summed E-state index contributed by atoms with van der Waals surface area (Å²) in [7, 11) is -9.47. The van der Waals surface area contributed by atoms with Crippen LogP contribution in [0.25, 0.3) is 10.8 Å². The van der Waals surface area contributed by atoms with E-state index in [2.05, 4.69) is 0 Å². The molecule has 0 atom stereocenters. The van der Waals surface area contributed by atoms with Crippen LogP contribution >= 0.6 is 0 Å². The van der Waals surface area contributed by atoms with Crippen LogP contribution in [0.5, 0.6) is 5.75 Å². The second kappa shape index (κ2) is 4.82. The Labute approximate surface area is 119 Å². The fourth-order valence-electron chi connectivity index (χ4n) is 1.90. The van der Waals surface area contributed by atoms with E-state index in [9.17, 15) is 26.5 Å². The van der Waals surface area contributed by atoms with Gasteiger partial charge in [0.05, 0.1) is 10.6 Å². The Morgan fingerprint density at radius 3 is 2.05 bits per heavy atom. The highest BCUT2D eigenvalue weighted by Gasteiger charge is 2.23. The summed E-state index contributed by atoms with van der Waals surface area (Å²) in [5.74, 6) is 4.56. The molecule has 0 aliphatic rings. The summed E-state index contributed by atoms with van der Waals surface area (Å²) >= 11 is 0. The maximum atomic E-state index is 11.5. The fraction of sp³-hybridized carbons (Fsp3) is 0. The molecule has 0 saturated carbocycles.